The Bertz CT molecular complexity index is 360. The zero-order chi connectivity index (χ0) is 14.6. The van der Waals surface area contributed by atoms with Crippen molar-refractivity contribution >= 4 is 0 Å². The van der Waals surface area contributed by atoms with Gasteiger partial charge in [0.1, 0.15) is 5.82 Å². The van der Waals surface area contributed by atoms with Crippen molar-refractivity contribution in [1.82, 2.24) is 5.32 Å². The number of halogens is 1. The summed E-state index contributed by atoms with van der Waals surface area (Å²) in [5.74, 6) is -0.268. The standard InChI is InChI=1S/C16H26FNO2/c1-2-3-4-7-10-18-11-15(19)13-20-12-14-8-5-6-9-16(14)17/h5-6,8-9,15,18-19H,2-4,7,10-13H2,1H3. The molecule has 0 aliphatic rings. The van der Waals surface area contributed by atoms with E-state index in [1.165, 1.54) is 25.3 Å². The van der Waals surface area contributed by atoms with Gasteiger partial charge < -0.3 is 15.2 Å². The minimum Gasteiger partial charge on any atom is -0.389 e. The number of nitrogens with one attached hydrogen (secondary N) is 1. The lowest BCUT2D eigenvalue weighted by molar-refractivity contribution is 0.0279. The minimum atomic E-state index is -0.548. The molecule has 0 aromatic heterocycles. The molecule has 20 heavy (non-hydrogen) atoms. The van der Waals surface area contributed by atoms with Gasteiger partial charge in [-0.1, -0.05) is 44.4 Å². The van der Waals surface area contributed by atoms with Crippen molar-refractivity contribution in [3.8, 4) is 0 Å². The van der Waals surface area contributed by atoms with Crippen molar-refractivity contribution in [1.29, 1.82) is 0 Å². The van der Waals surface area contributed by atoms with Crippen LogP contribution in [0.1, 0.15) is 38.2 Å². The SMILES string of the molecule is CCCCCCNCC(O)COCc1ccccc1F. The molecule has 1 aromatic carbocycles. The second kappa shape index (κ2) is 10.8. The van der Waals surface area contributed by atoms with Crippen LogP contribution in [-0.4, -0.2) is 30.9 Å². The van der Waals surface area contributed by atoms with Crippen LogP contribution >= 0.6 is 0 Å². The Morgan fingerprint density at radius 2 is 2.05 bits per heavy atom. The average Bonchev–Trinajstić information content (AvgIpc) is 2.45. The molecule has 114 valence electrons. The van der Waals surface area contributed by atoms with E-state index < -0.39 is 6.10 Å². The summed E-state index contributed by atoms with van der Waals surface area (Å²) < 4.78 is 18.6. The molecule has 1 aromatic rings. The molecule has 1 unspecified atom stereocenters. The first-order chi connectivity index (χ1) is 9.74. The van der Waals surface area contributed by atoms with Crippen molar-refractivity contribution in [2.75, 3.05) is 19.7 Å². The monoisotopic (exact) mass is 283 g/mol. The Balaban J connectivity index is 2.03. The minimum absolute atomic E-state index is 0.195. The molecule has 0 spiro atoms. The van der Waals surface area contributed by atoms with E-state index in [2.05, 4.69) is 12.2 Å². The van der Waals surface area contributed by atoms with Crippen LogP contribution < -0.4 is 5.32 Å². The molecule has 0 heterocycles. The average molecular weight is 283 g/mol. The normalized spacial score (nSPS) is 12.6. The van der Waals surface area contributed by atoms with Gasteiger partial charge in [0.25, 0.3) is 0 Å². The predicted octanol–water partition coefficient (Wildman–Crippen LogP) is 2.87. The van der Waals surface area contributed by atoms with Crippen LogP contribution in [0.2, 0.25) is 0 Å². The number of aliphatic hydroxyl groups is 1. The predicted molar refractivity (Wildman–Crippen MR) is 79.1 cm³/mol. The van der Waals surface area contributed by atoms with Gasteiger partial charge in [0.2, 0.25) is 0 Å². The molecule has 1 atom stereocenters. The highest BCUT2D eigenvalue weighted by Crippen LogP contribution is 2.07. The summed E-state index contributed by atoms with van der Waals surface area (Å²) in [6, 6.07) is 6.52. The maximum absolute atomic E-state index is 13.3. The number of unbranched alkanes of at least 4 members (excludes halogenated alkanes) is 3. The molecule has 4 heteroatoms. The first-order valence-corrected chi connectivity index (χ1v) is 7.44. The van der Waals surface area contributed by atoms with Gasteiger partial charge in [-0.2, -0.15) is 0 Å². The smallest absolute Gasteiger partial charge is 0.128 e. The summed E-state index contributed by atoms with van der Waals surface area (Å²) in [5, 5.41) is 12.9. The lowest BCUT2D eigenvalue weighted by atomic mass is 10.2. The van der Waals surface area contributed by atoms with Gasteiger partial charge in [-0.05, 0) is 19.0 Å². The van der Waals surface area contributed by atoms with Gasteiger partial charge in [-0.3, -0.25) is 0 Å². The van der Waals surface area contributed by atoms with E-state index in [1.807, 2.05) is 0 Å². The molecule has 2 N–H and O–H groups in total. The van der Waals surface area contributed by atoms with Crippen LogP contribution in [-0.2, 0) is 11.3 Å². The summed E-state index contributed by atoms with van der Waals surface area (Å²) in [5.41, 5.74) is 0.521. The second-order valence-corrected chi connectivity index (χ2v) is 5.03. The molecule has 0 saturated carbocycles. The van der Waals surface area contributed by atoms with Crippen LogP contribution in [0.5, 0.6) is 0 Å². The van der Waals surface area contributed by atoms with E-state index in [9.17, 15) is 9.50 Å². The molecular formula is C16H26FNO2. The third-order valence-corrected chi connectivity index (χ3v) is 3.11. The van der Waals surface area contributed by atoms with Crippen molar-refractivity contribution in [3.63, 3.8) is 0 Å². The van der Waals surface area contributed by atoms with E-state index in [4.69, 9.17) is 4.74 Å². The van der Waals surface area contributed by atoms with Gasteiger partial charge in [0, 0.05) is 12.1 Å². The highest BCUT2D eigenvalue weighted by Gasteiger charge is 2.05. The quantitative estimate of drug-likeness (QED) is 0.614. The van der Waals surface area contributed by atoms with Crippen LogP contribution in [0, 0.1) is 5.82 Å². The number of aliphatic hydroxyl groups excluding tert-OH is 1. The second-order valence-electron chi connectivity index (χ2n) is 5.03. The van der Waals surface area contributed by atoms with Crippen molar-refractivity contribution < 1.29 is 14.2 Å². The maximum atomic E-state index is 13.3. The molecule has 0 aliphatic heterocycles. The van der Waals surface area contributed by atoms with Gasteiger partial charge in [0.05, 0.1) is 19.3 Å². The number of hydrogen-bond donors (Lipinski definition) is 2. The fourth-order valence-electron chi connectivity index (χ4n) is 1.92. The van der Waals surface area contributed by atoms with Crippen molar-refractivity contribution in [2.24, 2.45) is 0 Å². The third-order valence-electron chi connectivity index (χ3n) is 3.11. The lowest BCUT2D eigenvalue weighted by Crippen LogP contribution is -2.31. The van der Waals surface area contributed by atoms with E-state index in [0.717, 1.165) is 13.0 Å². The number of benzene rings is 1. The van der Waals surface area contributed by atoms with E-state index in [0.29, 0.717) is 12.1 Å². The molecule has 1 rings (SSSR count). The summed E-state index contributed by atoms with van der Waals surface area (Å²) in [7, 11) is 0. The fraction of sp³-hybridized carbons (Fsp3) is 0.625. The molecule has 0 amide bonds. The molecule has 0 aliphatic carbocycles. The Morgan fingerprint density at radius 1 is 1.25 bits per heavy atom. The highest BCUT2D eigenvalue weighted by atomic mass is 19.1. The summed E-state index contributed by atoms with van der Waals surface area (Å²) >= 11 is 0. The molecule has 0 saturated heterocycles. The Kier molecular flexibility index (Phi) is 9.20. The van der Waals surface area contributed by atoms with Crippen LogP contribution in [0.4, 0.5) is 4.39 Å². The Labute approximate surface area is 121 Å². The fourth-order valence-corrected chi connectivity index (χ4v) is 1.92. The largest absolute Gasteiger partial charge is 0.389 e. The molecule has 0 fully saturated rings. The molecule has 3 nitrogen and oxygen atoms in total. The summed E-state index contributed by atoms with van der Waals surface area (Å²) in [6.07, 6.45) is 4.30. The number of rotatable bonds is 11. The first-order valence-electron chi connectivity index (χ1n) is 7.44. The molecule has 0 bridgehead atoms. The third kappa shape index (κ3) is 7.58. The van der Waals surface area contributed by atoms with Gasteiger partial charge in [-0.15, -0.1) is 0 Å². The van der Waals surface area contributed by atoms with E-state index in [-0.39, 0.29) is 19.0 Å². The first kappa shape index (κ1) is 17.1. The van der Waals surface area contributed by atoms with E-state index in [1.54, 1.807) is 18.2 Å². The maximum Gasteiger partial charge on any atom is 0.128 e. The Morgan fingerprint density at radius 3 is 2.80 bits per heavy atom. The van der Waals surface area contributed by atoms with Crippen LogP contribution in [0.15, 0.2) is 24.3 Å². The van der Waals surface area contributed by atoms with Crippen LogP contribution in [0.25, 0.3) is 0 Å². The van der Waals surface area contributed by atoms with Crippen molar-refractivity contribution in [3.05, 3.63) is 35.6 Å². The molecular weight excluding hydrogens is 257 g/mol. The number of hydrogen-bond acceptors (Lipinski definition) is 3. The lowest BCUT2D eigenvalue weighted by Gasteiger charge is -2.12. The van der Waals surface area contributed by atoms with E-state index >= 15 is 0 Å². The summed E-state index contributed by atoms with van der Waals surface area (Å²) in [4.78, 5) is 0. The zero-order valence-electron chi connectivity index (χ0n) is 12.3. The number of ether oxygens (including phenoxy) is 1. The van der Waals surface area contributed by atoms with Gasteiger partial charge in [0.15, 0.2) is 0 Å². The highest BCUT2D eigenvalue weighted by molar-refractivity contribution is 5.16. The Hall–Kier alpha value is -0.970. The zero-order valence-corrected chi connectivity index (χ0v) is 12.3. The summed E-state index contributed by atoms with van der Waals surface area (Å²) in [6.45, 7) is 4.04. The van der Waals surface area contributed by atoms with Gasteiger partial charge in [-0.25, -0.2) is 4.39 Å². The van der Waals surface area contributed by atoms with Gasteiger partial charge >= 0.3 is 0 Å². The molecule has 0 radical (unpaired) electrons. The topological polar surface area (TPSA) is 41.5 Å². The van der Waals surface area contributed by atoms with Crippen molar-refractivity contribution in [2.45, 2.75) is 45.3 Å². The van der Waals surface area contributed by atoms with Crippen LogP contribution in [0.3, 0.4) is 0 Å².